The first kappa shape index (κ1) is 25.6. The SMILES string of the molecule is CNC(=O)CCC(C=O)n1c(=O)n(C)c2cc(CN3CCC(OC4CCN(C)CC4)CC3)ccc21. The maximum atomic E-state index is 13.0. The lowest BCUT2D eigenvalue weighted by molar-refractivity contribution is -0.121. The summed E-state index contributed by atoms with van der Waals surface area (Å²) in [6.07, 6.45) is 6.37. The van der Waals surface area contributed by atoms with Crippen molar-refractivity contribution in [2.75, 3.05) is 40.3 Å². The molecular formula is C26H39N5O4. The maximum Gasteiger partial charge on any atom is 0.329 e. The van der Waals surface area contributed by atoms with E-state index < -0.39 is 6.04 Å². The van der Waals surface area contributed by atoms with Gasteiger partial charge in [0.2, 0.25) is 5.91 Å². The summed E-state index contributed by atoms with van der Waals surface area (Å²) in [5.41, 5.74) is 2.44. The molecule has 35 heavy (non-hydrogen) atoms. The molecule has 2 aliphatic rings. The number of fused-ring (bicyclic) bond motifs is 1. The highest BCUT2D eigenvalue weighted by Gasteiger charge is 2.25. The van der Waals surface area contributed by atoms with E-state index in [1.54, 1.807) is 18.7 Å². The molecule has 0 bridgehead atoms. The predicted molar refractivity (Wildman–Crippen MR) is 135 cm³/mol. The van der Waals surface area contributed by atoms with Gasteiger partial charge < -0.3 is 19.7 Å². The largest absolute Gasteiger partial charge is 0.375 e. The van der Waals surface area contributed by atoms with E-state index in [1.165, 1.54) is 4.57 Å². The van der Waals surface area contributed by atoms with Crippen molar-refractivity contribution < 1.29 is 14.3 Å². The van der Waals surface area contributed by atoms with E-state index in [1.807, 2.05) is 12.1 Å². The number of amides is 1. The summed E-state index contributed by atoms with van der Waals surface area (Å²) in [6, 6.07) is 5.35. The molecule has 0 radical (unpaired) electrons. The third-order valence-electron chi connectivity index (χ3n) is 7.58. The first-order valence-electron chi connectivity index (χ1n) is 12.8. The number of aryl methyl sites for hydroxylation is 1. The van der Waals surface area contributed by atoms with Crippen molar-refractivity contribution in [3.8, 4) is 0 Å². The molecule has 1 aromatic carbocycles. The minimum absolute atomic E-state index is 0.145. The number of ether oxygens (including phenoxy) is 1. The molecule has 1 N–H and O–H groups in total. The molecule has 9 heteroatoms. The van der Waals surface area contributed by atoms with Crippen LogP contribution in [0.4, 0.5) is 0 Å². The summed E-state index contributed by atoms with van der Waals surface area (Å²) < 4.78 is 9.50. The number of piperidine rings is 2. The Kier molecular flexibility index (Phi) is 8.41. The number of likely N-dealkylation sites (tertiary alicyclic amines) is 2. The van der Waals surface area contributed by atoms with Crippen LogP contribution >= 0.6 is 0 Å². The van der Waals surface area contributed by atoms with Gasteiger partial charge in [0, 0.05) is 53.2 Å². The maximum absolute atomic E-state index is 13.0. The average molecular weight is 486 g/mol. The van der Waals surface area contributed by atoms with Crippen molar-refractivity contribution in [2.45, 2.75) is 63.3 Å². The van der Waals surface area contributed by atoms with Crippen LogP contribution in [-0.2, 0) is 27.9 Å². The number of rotatable bonds is 9. The Morgan fingerprint density at radius 1 is 1.09 bits per heavy atom. The predicted octanol–water partition coefficient (Wildman–Crippen LogP) is 1.68. The molecule has 2 aromatic rings. The highest BCUT2D eigenvalue weighted by molar-refractivity contribution is 5.79. The summed E-state index contributed by atoms with van der Waals surface area (Å²) in [4.78, 5) is 41.2. The zero-order chi connectivity index (χ0) is 24.9. The van der Waals surface area contributed by atoms with Crippen LogP contribution < -0.4 is 11.0 Å². The van der Waals surface area contributed by atoms with Crippen LogP contribution in [0, 0.1) is 0 Å². The molecule has 3 heterocycles. The Bertz CT molecular complexity index is 1080. The Morgan fingerprint density at radius 3 is 2.37 bits per heavy atom. The Morgan fingerprint density at radius 2 is 1.74 bits per heavy atom. The van der Waals surface area contributed by atoms with Gasteiger partial charge in [-0.1, -0.05) is 6.07 Å². The molecule has 0 saturated carbocycles. The fourth-order valence-electron chi connectivity index (χ4n) is 5.34. The van der Waals surface area contributed by atoms with Gasteiger partial charge in [-0.25, -0.2) is 4.79 Å². The number of imidazole rings is 1. The van der Waals surface area contributed by atoms with Gasteiger partial charge in [0.1, 0.15) is 6.29 Å². The van der Waals surface area contributed by atoms with E-state index in [-0.39, 0.29) is 18.0 Å². The van der Waals surface area contributed by atoms with Crippen molar-refractivity contribution in [3.05, 3.63) is 34.2 Å². The van der Waals surface area contributed by atoms with Gasteiger partial charge in [-0.05, 0) is 56.8 Å². The fourth-order valence-corrected chi connectivity index (χ4v) is 5.34. The quantitative estimate of drug-likeness (QED) is 0.544. The van der Waals surface area contributed by atoms with E-state index in [9.17, 15) is 14.4 Å². The molecule has 1 amide bonds. The van der Waals surface area contributed by atoms with Crippen molar-refractivity contribution >= 4 is 23.2 Å². The average Bonchev–Trinajstić information content (AvgIpc) is 3.12. The van der Waals surface area contributed by atoms with Crippen LogP contribution in [0.15, 0.2) is 23.0 Å². The van der Waals surface area contributed by atoms with Gasteiger partial charge in [0.25, 0.3) is 0 Å². The van der Waals surface area contributed by atoms with Gasteiger partial charge in [-0.15, -0.1) is 0 Å². The standard InChI is InChI=1S/C26H39N5O4/c1-27-25(33)7-5-20(18-32)31-23-6-4-19(16-24(23)29(3)26(31)34)17-30-14-10-22(11-15-30)35-21-8-12-28(2)13-9-21/h4,6,16,18,20-22H,5,7-15,17H2,1-3H3,(H,27,33). The van der Waals surface area contributed by atoms with E-state index in [2.05, 4.69) is 28.2 Å². The Labute approximate surface area is 207 Å². The number of nitrogens with zero attached hydrogens (tertiary/aromatic N) is 4. The zero-order valence-corrected chi connectivity index (χ0v) is 21.2. The molecule has 2 saturated heterocycles. The lowest BCUT2D eigenvalue weighted by Gasteiger charge is -2.36. The summed E-state index contributed by atoms with van der Waals surface area (Å²) >= 11 is 0. The third-order valence-corrected chi connectivity index (χ3v) is 7.58. The van der Waals surface area contributed by atoms with Crippen LogP contribution in [0.3, 0.4) is 0 Å². The van der Waals surface area contributed by atoms with Gasteiger partial charge in [0.15, 0.2) is 0 Å². The van der Waals surface area contributed by atoms with Crippen LogP contribution in [0.1, 0.15) is 50.1 Å². The van der Waals surface area contributed by atoms with Crippen molar-refractivity contribution in [1.29, 1.82) is 0 Å². The fraction of sp³-hybridized carbons (Fsp3) is 0.654. The number of carbonyl (C=O) groups excluding carboxylic acids is 2. The van der Waals surface area contributed by atoms with Gasteiger partial charge >= 0.3 is 5.69 Å². The molecule has 4 rings (SSSR count). The third kappa shape index (κ3) is 6.02. The van der Waals surface area contributed by atoms with E-state index >= 15 is 0 Å². The molecule has 192 valence electrons. The van der Waals surface area contributed by atoms with Crippen LogP contribution in [0.5, 0.6) is 0 Å². The van der Waals surface area contributed by atoms with Gasteiger partial charge in [-0.2, -0.15) is 0 Å². The normalized spacial score (nSPS) is 19.7. The van der Waals surface area contributed by atoms with Gasteiger partial charge in [0.05, 0.1) is 29.3 Å². The second kappa shape index (κ2) is 11.5. The summed E-state index contributed by atoms with van der Waals surface area (Å²) in [6.45, 7) is 5.07. The molecule has 9 nitrogen and oxygen atoms in total. The topological polar surface area (TPSA) is 88.8 Å². The molecule has 2 aliphatic heterocycles. The van der Waals surface area contributed by atoms with Gasteiger partial charge in [-0.3, -0.25) is 18.8 Å². The Balaban J connectivity index is 1.38. The smallest absolute Gasteiger partial charge is 0.329 e. The number of nitrogens with one attached hydrogen (secondary N) is 1. The van der Waals surface area contributed by atoms with Crippen molar-refractivity contribution in [1.82, 2.24) is 24.3 Å². The minimum Gasteiger partial charge on any atom is -0.375 e. The number of aromatic nitrogens is 2. The van der Waals surface area contributed by atoms with Crippen molar-refractivity contribution in [3.63, 3.8) is 0 Å². The molecule has 1 unspecified atom stereocenters. The number of hydrogen-bond acceptors (Lipinski definition) is 6. The molecule has 1 atom stereocenters. The molecule has 2 fully saturated rings. The molecule has 0 aliphatic carbocycles. The lowest BCUT2D eigenvalue weighted by atomic mass is 10.0. The highest BCUT2D eigenvalue weighted by Crippen LogP contribution is 2.24. The van der Waals surface area contributed by atoms with Crippen LogP contribution in [0.25, 0.3) is 11.0 Å². The number of hydrogen-bond donors (Lipinski definition) is 1. The second-order valence-electron chi connectivity index (χ2n) is 10.1. The van der Waals surface area contributed by atoms with Crippen LogP contribution in [-0.4, -0.2) is 83.6 Å². The molecule has 1 aromatic heterocycles. The molecule has 0 spiro atoms. The monoisotopic (exact) mass is 485 g/mol. The number of carbonyl (C=O) groups is 2. The summed E-state index contributed by atoms with van der Waals surface area (Å²) in [5, 5.41) is 2.56. The summed E-state index contributed by atoms with van der Waals surface area (Å²) in [7, 11) is 5.47. The minimum atomic E-state index is -0.669. The highest BCUT2D eigenvalue weighted by atomic mass is 16.5. The van der Waals surface area contributed by atoms with E-state index in [0.717, 1.165) is 81.3 Å². The Hall–Kier alpha value is -2.49. The lowest BCUT2D eigenvalue weighted by Crippen LogP contribution is -2.41. The van der Waals surface area contributed by atoms with E-state index in [0.29, 0.717) is 18.6 Å². The first-order chi connectivity index (χ1) is 16.9. The summed E-state index contributed by atoms with van der Waals surface area (Å²) in [5.74, 6) is -0.145. The number of benzene rings is 1. The molecular weight excluding hydrogens is 446 g/mol. The van der Waals surface area contributed by atoms with Crippen molar-refractivity contribution in [2.24, 2.45) is 7.05 Å². The number of aldehydes is 1. The van der Waals surface area contributed by atoms with E-state index in [4.69, 9.17) is 4.74 Å². The first-order valence-corrected chi connectivity index (χ1v) is 12.8. The van der Waals surface area contributed by atoms with Crippen LogP contribution in [0.2, 0.25) is 0 Å². The second-order valence-corrected chi connectivity index (χ2v) is 10.1. The zero-order valence-electron chi connectivity index (χ0n) is 21.2.